The molecule has 1 atom stereocenters. The molecule has 1 fully saturated rings. The van der Waals surface area contributed by atoms with Crippen LogP contribution in [0, 0.1) is 11.3 Å². The van der Waals surface area contributed by atoms with Crippen LogP contribution in [-0.4, -0.2) is 38.6 Å². The Balaban J connectivity index is 2.57. The Hall–Kier alpha value is -1.29. The zero-order valence-corrected chi connectivity index (χ0v) is 8.87. The number of azide groups is 1. The van der Waals surface area contributed by atoms with E-state index in [9.17, 15) is 8.42 Å². The molecule has 0 bridgehead atoms. The molecule has 1 heterocycles. The van der Waals surface area contributed by atoms with Gasteiger partial charge in [-0.05, 0) is 12.0 Å². The van der Waals surface area contributed by atoms with Gasteiger partial charge in [0.2, 0.25) is 0 Å². The van der Waals surface area contributed by atoms with Crippen molar-refractivity contribution in [2.75, 3.05) is 24.6 Å². The smallest absolute Gasteiger partial charge is 0.153 e. The molecular weight excluding hydrogens is 218 g/mol. The molecule has 1 saturated heterocycles. The number of hydrogen-bond acceptors (Lipinski definition) is 5. The minimum Gasteiger partial charge on any atom is -0.298 e. The van der Waals surface area contributed by atoms with Crippen molar-refractivity contribution < 1.29 is 8.42 Å². The topological polar surface area (TPSA) is 119 Å². The Morgan fingerprint density at radius 2 is 2.40 bits per heavy atom. The average Bonchev–Trinajstić information content (AvgIpc) is 2.50. The van der Waals surface area contributed by atoms with Crippen LogP contribution in [0.25, 0.3) is 10.4 Å². The molecule has 7 nitrogen and oxygen atoms in total. The standard InChI is InChI=1S/C7H11N5O2S/c8-5-7(10-2-3-11-12-9)1-4-15(13,14)6-7/h10H,1-4,6H2. The Bertz CT molecular complexity index is 419. The van der Waals surface area contributed by atoms with Gasteiger partial charge in [-0.3, -0.25) is 5.32 Å². The van der Waals surface area contributed by atoms with E-state index in [-0.39, 0.29) is 18.1 Å². The highest BCUT2D eigenvalue weighted by atomic mass is 32.2. The zero-order valence-electron chi connectivity index (χ0n) is 8.05. The first-order valence-electron chi connectivity index (χ1n) is 4.41. The van der Waals surface area contributed by atoms with E-state index in [1.165, 1.54) is 0 Å². The van der Waals surface area contributed by atoms with Crippen molar-refractivity contribution in [2.24, 2.45) is 5.11 Å². The highest BCUT2D eigenvalue weighted by Gasteiger charge is 2.42. The van der Waals surface area contributed by atoms with Gasteiger partial charge in [-0.25, -0.2) is 8.42 Å². The number of nitrogens with zero attached hydrogens (tertiary/aromatic N) is 4. The van der Waals surface area contributed by atoms with E-state index in [0.29, 0.717) is 13.0 Å². The largest absolute Gasteiger partial charge is 0.298 e. The van der Waals surface area contributed by atoms with Crippen molar-refractivity contribution in [3.05, 3.63) is 10.4 Å². The van der Waals surface area contributed by atoms with E-state index >= 15 is 0 Å². The number of hydrogen-bond donors (Lipinski definition) is 1. The third-order valence-electron chi connectivity index (χ3n) is 2.26. The molecule has 15 heavy (non-hydrogen) atoms. The maximum Gasteiger partial charge on any atom is 0.153 e. The summed E-state index contributed by atoms with van der Waals surface area (Å²) >= 11 is 0. The van der Waals surface area contributed by atoms with E-state index in [0.717, 1.165) is 0 Å². The van der Waals surface area contributed by atoms with Gasteiger partial charge < -0.3 is 0 Å². The Morgan fingerprint density at radius 1 is 1.67 bits per heavy atom. The molecule has 0 aliphatic carbocycles. The van der Waals surface area contributed by atoms with Gasteiger partial charge in [-0.2, -0.15) is 5.26 Å². The molecule has 0 radical (unpaired) electrons. The first kappa shape index (κ1) is 11.8. The molecular formula is C7H11N5O2S. The fraction of sp³-hybridized carbons (Fsp3) is 0.857. The molecule has 1 rings (SSSR count). The number of nitriles is 1. The van der Waals surface area contributed by atoms with Crippen molar-refractivity contribution >= 4 is 9.84 Å². The van der Waals surface area contributed by atoms with Gasteiger partial charge in [0.1, 0.15) is 5.54 Å². The van der Waals surface area contributed by atoms with Crippen LogP contribution in [0.4, 0.5) is 0 Å². The second-order valence-electron chi connectivity index (χ2n) is 3.42. The van der Waals surface area contributed by atoms with Gasteiger partial charge in [0.15, 0.2) is 9.84 Å². The lowest BCUT2D eigenvalue weighted by Gasteiger charge is -2.19. The van der Waals surface area contributed by atoms with Crippen molar-refractivity contribution in [1.29, 1.82) is 5.26 Å². The number of sulfone groups is 1. The molecule has 1 aliphatic rings. The first-order chi connectivity index (χ1) is 7.04. The van der Waals surface area contributed by atoms with E-state index in [4.69, 9.17) is 10.8 Å². The molecule has 82 valence electrons. The lowest BCUT2D eigenvalue weighted by molar-refractivity contribution is 0.462. The number of rotatable bonds is 4. The Kier molecular flexibility index (Phi) is 3.52. The Morgan fingerprint density at radius 3 is 2.87 bits per heavy atom. The predicted molar refractivity (Wildman–Crippen MR) is 53.6 cm³/mol. The van der Waals surface area contributed by atoms with Gasteiger partial charge in [0, 0.05) is 18.0 Å². The molecule has 1 unspecified atom stereocenters. The molecule has 0 aromatic carbocycles. The van der Waals surface area contributed by atoms with Gasteiger partial charge in [-0.15, -0.1) is 0 Å². The van der Waals surface area contributed by atoms with Gasteiger partial charge in [-0.1, -0.05) is 5.11 Å². The quantitative estimate of drug-likeness (QED) is 0.315. The van der Waals surface area contributed by atoms with Crippen LogP contribution in [0.15, 0.2) is 5.11 Å². The normalized spacial score (nSPS) is 27.9. The van der Waals surface area contributed by atoms with Crippen LogP contribution in [0.1, 0.15) is 6.42 Å². The van der Waals surface area contributed by atoms with Crippen LogP contribution < -0.4 is 5.32 Å². The maximum atomic E-state index is 11.2. The van der Waals surface area contributed by atoms with Crippen LogP contribution in [0.5, 0.6) is 0 Å². The summed E-state index contributed by atoms with van der Waals surface area (Å²) in [6.07, 6.45) is 0.294. The van der Waals surface area contributed by atoms with E-state index in [1.807, 2.05) is 6.07 Å². The lowest BCUT2D eigenvalue weighted by Crippen LogP contribution is -2.46. The summed E-state index contributed by atoms with van der Waals surface area (Å²) in [5, 5.41) is 15.0. The maximum absolute atomic E-state index is 11.2. The summed E-state index contributed by atoms with van der Waals surface area (Å²) in [7, 11) is -3.10. The fourth-order valence-corrected chi connectivity index (χ4v) is 3.37. The van der Waals surface area contributed by atoms with E-state index < -0.39 is 15.4 Å². The molecule has 8 heteroatoms. The summed E-state index contributed by atoms with van der Waals surface area (Å²) in [6.45, 7) is 0.521. The SMILES string of the molecule is N#CC1(NCCN=[N+]=[N-])CCS(=O)(=O)C1. The molecule has 1 N–H and O–H groups in total. The van der Waals surface area contributed by atoms with E-state index in [1.54, 1.807) is 0 Å². The molecule has 0 spiro atoms. The summed E-state index contributed by atoms with van der Waals surface area (Å²) in [5.41, 5.74) is 7.04. The average molecular weight is 229 g/mol. The monoisotopic (exact) mass is 229 g/mol. The van der Waals surface area contributed by atoms with Crippen molar-refractivity contribution in [1.82, 2.24) is 5.32 Å². The molecule has 0 aromatic rings. The van der Waals surface area contributed by atoms with Crippen LogP contribution in [0.3, 0.4) is 0 Å². The lowest BCUT2D eigenvalue weighted by atomic mass is 10.0. The summed E-state index contributed by atoms with van der Waals surface area (Å²) in [4.78, 5) is 2.56. The minimum atomic E-state index is -3.10. The molecule has 0 amide bonds. The summed E-state index contributed by atoms with van der Waals surface area (Å²) in [5.74, 6) is -0.123. The van der Waals surface area contributed by atoms with Crippen molar-refractivity contribution in [2.45, 2.75) is 12.0 Å². The van der Waals surface area contributed by atoms with Crippen molar-refractivity contribution in [3.63, 3.8) is 0 Å². The molecule has 0 aromatic heterocycles. The zero-order chi connectivity index (χ0) is 11.4. The minimum absolute atomic E-state index is 0.0368. The first-order valence-corrected chi connectivity index (χ1v) is 6.23. The Labute approximate surface area is 87.6 Å². The van der Waals surface area contributed by atoms with Crippen LogP contribution in [0.2, 0.25) is 0 Å². The second kappa shape index (κ2) is 4.49. The second-order valence-corrected chi connectivity index (χ2v) is 5.60. The van der Waals surface area contributed by atoms with Crippen molar-refractivity contribution in [3.8, 4) is 6.07 Å². The fourth-order valence-electron chi connectivity index (χ4n) is 1.51. The highest BCUT2D eigenvalue weighted by Crippen LogP contribution is 2.22. The van der Waals surface area contributed by atoms with Crippen LogP contribution >= 0.6 is 0 Å². The van der Waals surface area contributed by atoms with Gasteiger partial charge >= 0.3 is 0 Å². The predicted octanol–water partition coefficient (Wildman–Crippen LogP) is -0.0328. The molecule has 1 aliphatic heterocycles. The highest BCUT2D eigenvalue weighted by molar-refractivity contribution is 7.91. The van der Waals surface area contributed by atoms with Crippen LogP contribution in [-0.2, 0) is 9.84 Å². The van der Waals surface area contributed by atoms with Gasteiger partial charge in [0.25, 0.3) is 0 Å². The number of nitrogens with one attached hydrogen (secondary N) is 1. The molecule has 0 saturated carbocycles. The summed E-state index contributed by atoms with van der Waals surface area (Å²) in [6, 6.07) is 1.98. The third-order valence-corrected chi connectivity index (χ3v) is 4.02. The third kappa shape index (κ3) is 3.09. The van der Waals surface area contributed by atoms with Gasteiger partial charge in [0.05, 0.1) is 17.6 Å². The summed E-state index contributed by atoms with van der Waals surface area (Å²) < 4.78 is 22.4. The van der Waals surface area contributed by atoms with E-state index in [2.05, 4.69) is 15.3 Å².